The van der Waals surface area contributed by atoms with E-state index in [9.17, 15) is 9.59 Å². The molecule has 0 N–H and O–H groups in total. The van der Waals surface area contributed by atoms with E-state index in [4.69, 9.17) is 9.47 Å². The highest BCUT2D eigenvalue weighted by atomic mass is 16.5. The van der Waals surface area contributed by atoms with Crippen LogP contribution in [0.25, 0.3) is 0 Å². The molecule has 0 unspecified atom stereocenters. The lowest BCUT2D eigenvalue weighted by Crippen LogP contribution is -2.31. The van der Waals surface area contributed by atoms with Crippen LogP contribution >= 0.6 is 0 Å². The summed E-state index contributed by atoms with van der Waals surface area (Å²) in [6.45, 7) is 12.3. The van der Waals surface area contributed by atoms with Crippen LogP contribution < -0.4 is 0 Å². The Bertz CT molecular complexity index is 472. The largest absolute Gasteiger partial charge is 0.465 e. The van der Waals surface area contributed by atoms with Crippen molar-refractivity contribution in [1.82, 2.24) is 0 Å². The Hall–Kier alpha value is -1.58. The summed E-state index contributed by atoms with van der Waals surface area (Å²) in [7, 11) is 0. The number of ether oxygens (including phenoxy) is 2. The third-order valence-electron chi connectivity index (χ3n) is 6.10. The van der Waals surface area contributed by atoms with E-state index in [1.54, 1.807) is 0 Å². The summed E-state index contributed by atoms with van der Waals surface area (Å²) in [5.74, 6) is -0.271. The van der Waals surface area contributed by atoms with Gasteiger partial charge in [0.1, 0.15) is 0 Å². The summed E-state index contributed by atoms with van der Waals surface area (Å²) in [5.41, 5.74) is -0.309. The number of carbonyl (C=O) groups is 2. The number of esters is 2. The Labute approximate surface area is 204 Å². The van der Waals surface area contributed by atoms with Crippen LogP contribution in [0.2, 0.25) is 0 Å². The van der Waals surface area contributed by atoms with E-state index >= 15 is 0 Å². The van der Waals surface area contributed by atoms with Crippen LogP contribution in [0.5, 0.6) is 0 Å². The molecule has 0 aliphatic rings. The van der Waals surface area contributed by atoms with Crippen LogP contribution in [0.15, 0.2) is 25.3 Å². The van der Waals surface area contributed by atoms with Crippen molar-refractivity contribution >= 4 is 11.9 Å². The first-order chi connectivity index (χ1) is 16.0. The lowest BCUT2D eigenvalue weighted by atomic mass is 9.87. The highest BCUT2D eigenvalue weighted by Gasteiger charge is 2.27. The molecule has 0 rings (SSSR count). The van der Waals surface area contributed by atoms with Crippen molar-refractivity contribution < 1.29 is 19.1 Å². The van der Waals surface area contributed by atoms with E-state index < -0.39 is 0 Å². The van der Waals surface area contributed by atoms with Gasteiger partial charge in [-0.2, -0.15) is 0 Å². The van der Waals surface area contributed by atoms with E-state index in [0.717, 1.165) is 51.4 Å². The minimum Gasteiger partial charge on any atom is -0.465 e. The summed E-state index contributed by atoms with van der Waals surface area (Å²) < 4.78 is 11.1. The van der Waals surface area contributed by atoms with Crippen molar-refractivity contribution in [2.45, 2.75) is 129 Å². The van der Waals surface area contributed by atoms with E-state index in [1.165, 1.54) is 51.4 Å². The van der Waals surface area contributed by atoms with Crippen molar-refractivity contribution in [3.63, 3.8) is 0 Å². The van der Waals surface area contributed by atoms with Gasteiger partial charge in [0.2, 0.25) is 0 Å². The van der Waals surface area contributed by atoms with E-state index in [-0.39, 0.29) is 17.4 Å². The molecule has 0 aromatic carbocycles. The second-order valence-corrected chi connectivity index (χ2v) is 9.78. The van der Waals surface area contributed by atoms with Gasteiger partial charge >= 0.3 is 11.9 Å². The molecule has 0 aliphatic carbocycles. The van der Waals surface area contributed by atoms with Gasteiger partial charge in [-0.05, 0) is 44.9 Å². The Morgan fingerprint density at radius 3 is 1.39 bits per heavy atom. The lowest BCUT2D eigenvalue weighted by molar-refractivity contribution is -0.153. The molecule has 0 amide bonds. The maximum Gasteiger partial charge on any atom is 0.305 e. The molecule has 0 atom stereocenters. The molecule has 0 bridgehead atoms. The van der Waals surface area contributed by atoms with E-state index in [1.807, 2.05) is 19.1 Å². The zero-order valence-electron chi connectivity index (χ0n) is 21.8. The first-order valence-corrected chi connectivity index (χ1v) is 13.5. The Morgan fingerprint density at radius 1 is 0.667 bits per heavy atom. The van der Waals surface area contributed by atoms with Gasteiger partial charge in [0.15, 0.2) is 0 Å². The van der Waals surface area contributed by atoms with Gasteiger partial charge in [0.05, 0.1) is 13.2 Å². The molecule has 0 spiro atoms. The standard InChI is InChI=1S/C29H52O4/c1-5-8-10-12-14-16-18-20-22-27(30)32-25-29(4,24-7-3)26-33-28(31)23-21-19-17-15-13-11-9-6-2/h5-6H,1-2,7-26H2,3-4H3. The van der Waals surface area contributed by atoms with Crippen molar-refractivity contribution in [3.05, 3.63) is 25.3 Å². The van der Waals surface area contributed by atoms with Crippen molar-refractivity contribution in [2.24, 2.45) is 5.41 Å². The maximum atomic E-state index is 12.1. The van der Waals surface area contributed by atoms with Crippen LogP contribution in [0.3, 0.4) is 0 Å². The molecule has 0 aliphatic heterocycles. The van der Waals surface area contributed by atoms with Crippen molar-refractivity contribution in [2.75, 3.05) is 13.2 Å². The van der Waals surface area contributed by atoms with Crippen LogP contribution in [0, 0.1) is 5.41 Å². The summed E-state index contributed by atoms with van der Waals surface area (Å²) in [6.07, 6.45) is 22.5. The van der Waals surface area contributed by atoms with Gasteiger partial charge in [-0.3, -0.25) is 9.59 Å². The molecule has 0 aromatic heterocycles. The third kappa shape index (κ3) is 20.7. The van der Waals surface area contributed by atoms with Crippen molar-refractivity contribution in [1.29, 1.82) is 0 Å². The van der Waals surface area contributed by atoms with Gasteiger partial charge in [-0.25, -0.2) is 0 Å². The number of rotatable bonds is 24. The van der Waals surface area contributed by atoms with Crippen molar-refractivity contribution in [3.8, 4) is 0 Å². The fourth-order valence-corrected chi connectivity index (χ4v) is 3.97. The second-order valence-electron chi connectivity index (χ2n) is 9.78. The molecule has 4 heteroatoms. The van der Waals surface area contributed by atoms with Crippen LogP contribution in [0.4, 0.5) is 0 Å². The predicted molar refractivity (Wildman–Crippen MR) is 139 cm³/mol. The first-order valence-electron chi connectivity index (χ1n) is 13.5. The monoisotopic (exact) mass is 464 g/mol. The van der Waals surface area contributed by atoms with Crippen LogP contribution in [-0.4, -0.2) is 25.2 Å². The average Bonchev–Trinajstić information content (AvgIpc) is 2.80. The highest BCUT2D eigenvalue weighted by molar-refractivity contribution is 5.69. The molecular formula is C29H52O4. The number of allylic oxidation sites excluding steroid dienone is 2. The fourth-order valence-electron chi connectivity index (χ4n) is 3.97. The van der Waals surface area contributed by atoms with Gasteiger partial charge in [0, 0.05) is 18.3 Å². The molecule has 0 saturated carbocycles. The number of unbranched alkanes of at least 4 members (excludes halogenated alkanes) is 12. The normalized spacial score (nSPS) is 11.2. The third-order valence-corrected chi connectivity index (χ3v) is 6.10. The molecule has 0 saturated heterocycles. The number of hydrogen-bond donors (Lipinski definition) is 0. The zero-order chi connectivity index (χ0) is 24.6. The maximum absolute atomic E-state index is 12.1. The quantitative estimate of drug-likeness (QED) is 0.0816. The molecule has 0 fully saturated rings. The average molecular weight is 465 g/mol. The number of carbonyl (C=O) groups excluding carboxylic acids is 2. The predicted octanol–water partition coefficient (Wildman–Crippen LogP) is 8.49. The molecule has 192 valence electrons. The van der Waals surface area contributed by atoms with Gasteiger partial charge in [0.25, 0.3) is 0 Å². The van der Waals surface area contributed by atoms with Gasteiger partial charge in [-0.1, -0.05) is 83.8 Å². The van der Waals surface area contributed by atoms with Gasteiger partial charge in [-0.15, -0.1) is 13.2 Å². The fraction of sp³-hybridized carbons (Fsp3) is 0.793. The van der Waals surface area contributed by atoms with Crippen LogP contribution in [0.1, 0.15) is 129 Å². The smallest absolute Gasteiger partial charge is 0.305 e. The minimum atomic E-state index is -0.309. The summed E-state index contributed by atoms with van der Waals surface area (Å²) in [5, 5.41) is 0. The van der Waals surface area contributed by atoms with Crippen LogP contribution in [-0.2, 0) is 19.1 Å². The molecule has 0 aromatic rings. The Kier molecular flexibility index (Phi) is 21.2. The summed E-state index contributed by atoms with van der Waals surface area (Å²) in [4.78, 5) is 24.3. The molecular weight excluding hydrogens is 412 g/mol. The van der Waals surface area contributed by atoms with E-state index in [2.05, 4.69) is 20.1 Å². The summed E-state index contributed by atoms with van der Waals surface area (Å²) >= 11 is 0. The first kappa shape index (κ1) is 31.4. The molecule has 0 heterocycles. The minimum absolute atomic E-state index is 0.136. The number of hydrogen-bond acceptors (Lipinski definition) is 4. The summed E-state index contributed by atoms with van der Waals surface area (Å²) in [6, 6.07) is 0. The second kappa shape index (κ2) is 22.2. The Morgan fingerprint density at radius 2 is 1.03 bits per heavy atom. The zero-order valence-corrected chi connectivity index (χ0v) is 21.8. The SMILES string of the molecule is C=CCCCCCCCCC(=O)OCC(C)(CCC)COC(=O)CCCCCCCCC=C. The van der Waals surface area contributed by atoms with E-state index in [0.29, 0.717) is 26.1 Å². The Balaban J connectivity index is 3.95. The van der Waals surface area contributed by atoms with Gasteiger partial charge < -0.3 is 9.47 Å². The highest BCUT2D eigenvalue weighted by Crippen LogP contribution is 2.25. The molecule has 4 nitrogen and oxygen atoms in total. The molecule has 33 heavy (non-hydrogen) atoms. The molecule has 0 radical (unpaired) electrons. The topological polar surface area (TPSA) is 52.6 Å². The lowest BCUT2D eigenvalue weighted by Gasteiger charge is -2.28.